The van der Waals surface area contributed by atoms with Gasteiger partial charge in [0.05, 0.1) is 4.92 Å². The maximum Gasteiger partial charge on any atom is 0.460 e. The van der Waals surface area contributed by atoms with Gasteiger partial charge in [0.25, 0.3) is 5.69 Å². The van der Waals surface area contributed by atoms with Crippen molar-refractivity contribution in [1.29, 1.82) is 0 Å². The van der Waals surface area contributed by atoms with E-state index in [1.165, 1.54) is 3.57 Å². The van der Waals surface area contributed by atoms with Gasteiger partial charge in [-0.3, -0.25) is 10.1 Å². The monoisotopic (exact) mass is 625 g/mol. The molecule has 2 rings (SSSR count). The Morgan fingerprint density at radius 3 is 1.58 bits per heavy atom. The van der Waals surface area contributed by atoms with Gasteiger partial charge >= 0.3 is 33.4 Å². The molecule has 0 amide bonds. The molecule has 0 unspecified atom stereocenters. The summed E-state index contributed by atoms with van der Waals surface area (Å²) in [5.41, 5.74) is -0.726. The molecule has 0 aliphatic rings. The van der Waals surface area contributed by atoms with Crippen LogP contribution >= 0.6 is 22.6 Å². The highest BCUT2D eigenvalue weighted by Gasteiger charge is 2.86. The van der Waals surface area contributed by atoms with Gasteiger partial charge < -0.3 is 4.18 Å². The van der Waals surface area contributed by atoms with Gasteiger partial charge in [0.15, 0.2) is 0 Å². The van der Waals surface area contributed by atoms with Gasteiger partial charge in [0, 0.05) is 15.7 Å². The number of halogens is 10. The summed E-state index contributed by atoms with van der Waals surface area (Å²) in [6.45, 7) is 0. The largest absolute Gasteiger partial charge is 0.460 e. The molecule has 184 valence electrons. The number of hydrogen-bond acceptors (Lipinski definition) is 5. The van der Waals surface area contributed by atoms with Crippen molar-refractivity contribution < 1.29 is 57.0 Å². The molecule has 0 atom stereocenters. The molecule has 0 aliphatic heterocycles. The molecule has 0 heterocycles. The van der Waals surface area contributed by atoms with Crippen molar-refractivity contribution in [2.75, 3.05) is 0 Å². The van der Waals surface area contributed by atoms with Gasteiger partial charge in [0.1, 0.15) is 5.75 Å². The van der Waals surface area contributed by atoms with Crippen LogP contribution in [-0.2, 0) is 10.1 Å². The summed E-state index contributed by atoms with van der Waals surface area (Å²) in [7, 11) is -7.08. The minimum atomic E-state index is -7.43. The Bertz CT molecular complexity index is 1060. The van der Waals surface area contributed by atoms with Crippen molar-refractivity contribution in [2.45, 2.75) is 23.3 Å². The van der Waals surface area contributed by atoms with E-state index >= 15 is 0 Å². The van der Waals surface area contributed by atoms with E-state index in [0.29, 0.717) is 24.3 Å². The predicted molar refractivity (Wildman–Crippen MR) is 103 cm³/mol. The predicted octanol–water partition coefficient (Wildman–Crippen LogP) is 6.02. The van der Waals surface area contributed by atoms with Crippen LogP contribution < -0.4 is 4.18 Å². The lowest BCUT2D eigenvalue weighted by atomic mass is 10.1. The van der Waals surface area contributed by atoms with E-state index in [0.717, 1.165) is 0 Å². The van der Waals surface area contributed by atoms with Crippen LogP contribution in [0.1, 0.15) is 0 Å². The number of nitro benzene ring substituents is 1. The molecule has 0 radical (unpaired) electrons. The number of alkyl halides is 9. The zero-order chi connectivity index (χ0) is 25.9. The summed E-state index contributed by atoms with van der Waals surface area (Å²) in [4.78, 5) is 9.29. The SMILES string of the molecule is Ic1ccccc1.O=[N+]([O-])c1ccc(OS(=O)(=O)C(F)(F)C(F)(F)C(F)(F)C(F)(F)F)cc1. The third-order valence-electron chi connectivity index (χ3n) is 3.42. The number of non-ortho nitro benzene ring substituents is 1. The fourth-order valence-electron chi connectivity index (χ4n) is 1.73. The van der Waals surface area contributed by atoms with Crippen LogP contribution in [-0.4, -0.2) is 36.6 Å². The van der Waals surface area contributed by atoms with Gasteiger partial charge in [-0.25, -0.2) is 0 Å². The highest BCUT2D eigenvalue weighted by molar-refractivity contribution is 14.1. The summed E-state index contributed by atoms with van der Waals surface area (Å²) in [5, 5.41) is 3.32. The third-order valence-corrected chi connectivity index (χ3v) is 5.43. The molecule has 17 heteroatoms. The molecular weight excluding hydrogens is 616 g/mol. The van der Waals surface area contributed by atoms with Gasteiger partial charge in [-0.05, 0) is 46.9 Å². The zero-order valence-corrected chi connectivity index (χ0v) is 18.3. The average Bonchev–Trinajstić information content (AvgIpc) is 2.68. The average molecular weight is 625 g/mol. The molecule has 2 aromatic rings. The molecule has 0 bridgehead atoms. The van der Waals surface area contributed by atoms with Gasteiger partial charge in [-0.2, -0.15) is 47.9 Å². The Hall–Kier alpha value is -2.31. The minimum absolute atomic E-state index is 0.311. The van der Waals surface area contributed by atoms with Crippen LogP contribution in [0.3, 0.4) is 0 Å². The highest BCUT2D eigenvalue weighted by atomic mass is 127. The second-order valence-electron chi connectivity index (χ2n) is 5.75. The number of nitro groups is 1. The summed E-state index contributed by atoms with van der Waals surface area (Å²) < 4.78 is 141. The van der Waals surface area contributed by atoms with Crippen LogP contribution in [0.5, 0.6) is 5.75 Å². The molecule has 6 nitrogen and oxygen atoms in total. The van der Waals surface area contributed by atoms with Crippen LogP contribution in [0.25, 0.3) is 0 Å². The highest BCUT2D eigenvalue weighted by Crippen LogP contribution is 2.54. The molecule has 0 aliphatic carbocycles. The Morgan fingerprint density at radius 2 is 1.24 bits per heavy atom. The molecule has 33 heavy (non-hydrogen) atoms. The van der Waals surface area contributed by atoms with Crippen molar-refractivity contribution in [3.05, 3.63) is 68.3 Å². The Kier molecular flexibility index (Phi) is 8.61. The lowest BCUT2D eigenvalue weighted by molar-refractivity contribution is -0.384. The smallest absolute Gasteiger partial charge is 0.378 e. The first-order chi connectivity index (χ1) is 14.8. The molecule has 0 saturated carbocycles. The Morgan fingerprint density at radius 1 is 0.788 bits per heavy atom. The number of nitrogens with zero attached hydrogens (tertiary/aromatic N) is 1. The van der Waals surface area contributed by atoms with Crippen molar-refractivity contribution in [1.82, 2.24) is 0 Å². The standard InChI is InChI=1S/C10H4F9NO5S.C6H5I/c11-7(12,9(15,16)17)8(13,14)10(18,19)26(23,24)25-6-3-1-5(2-4-6)20(21)22;7-6-4-2-1-3-5-6/h1-4H;1-5H. The molecular formula is C16H9F9INO5S. The summed E-state index contributed by atoms with van der Waals surface area (Å²) in [6.07, 6.45) is -7.21. The molecule has 2 aromatic carbocycles. The second-order valence-corrected chi connectivity index (χ2v) is 8.58. The third kappa shape index (κ3) is 6.18. The topological polar surface area (TPSA) is 86.5 Å². The van der Waals surface area contributed by atoms with Gasteiger partial charge in [-0.15, -0.1) is 0 Å². The first-order valence-corrected chi connectivity index (χ1v) is 10.4. The van der Waals surface area contributed by atoms with Crippen molar-refractivity contribution >= 4 is 38.4 Å². The fourth-order valence-corrected chi connectivity index (χ4v) is 3.06. The van der Waals surface area contributed by atoms with Crippen LogP contribution in [0.15, 0.2) is 54.6 Å². The van der Waals surface area contributed by atoms with Crippen LogP contribution in [0.2, 0.25) is 0 Å². The van der Waals surface area contributed by atoms with E-state index in [4.69, 9.17) is 0 Å². The lowest BCUT2D eigenvalue weighted by Gasteiger charge is -2.32. The van der Waals surface area contributed by atoms with Crippen LogP contribution in [0, 0.1) is 13.7 Å². The number of hydrogen-bond donors (Lipinski definition) is 0. The molecule has 0 aromatic heterocycles. The maximum absolute atomic E-state index is 13.3. The van der Waals surface area contributed by atoms with E-state index in [1.807, 2.05) is 18.2 Å². The molecule has 0 N–H and O–H groups in total. The first-order valence-electron chi connectivity index (χ1n) is 7.87. The van der Waals surface area contributed by atoms with Crippen molar-refractivity contribution in [3.63, 3.8) is 0 Å². The Balaban J connectivity index is 0.000000657. The van der Waals surface area contributed by atoms with E-state index in [1.54, 1.807) is 0 Å². The van der Waals surface area contributed by atoms with E-state index in [2.05, 4.69) is 38.9 Å². The minimum Gasteiger partial charge on any atom is -0.378 e. The molecule has 0 spiro atoms. The van der Waals surface area contributed by atoms with E-state index in [9.17, 15) is 58.0 Å². The van der Waals surface area contributed by atoms with E-state index < -0.39 is 49.8 Å². The fraction of sp³-hybridized carbons (Fsp3) is 0.250. The second kappa shape index (κ2) is 9.90. The lowest BCUT2D eigenvalue weighted by Crippen LogP contribution is -2.63. The van der Waals surface area contributed by atoms with E-state index in [-0.39, 0.29) is 0 Å². The zero-order valence-electron chi connectivity index (χ0n) is 15.4. The Labute approximate surface area is 192 Å². The summed E-state index contributed by atoms with van der Waals surface area (Å²) >= 11 is 2.28. The van der Waals surface area contributed by atoms with Crippen molar-refractivity contribution in [2.24, 2.45) is 0 Å². The first kappa shape index (κ1) is 28.7. The number of benzene rings is 2. The van der Waals surface area contributed by atoms with Crippen LogP contribution in [0.4, 0.5) is 45.2 Å². The number of rotatable bonds is 6. The normalized spacial score (nSPS) is 13.0. The quantitative estimate of drug-likeness (QED) is 0.129. The van der Waals surface area contributed by atoms with Gasteiger partial charge in [-0.1, -0.05) is 18.2 Å². The summed E-state index contributed by atoms with van der Waals surface area (Å²) in [6, 6.07) is 11.8. The van der Waals surface area contributed by atoms with Gasteiger partial charge in [0.2, 0.25) is 0 Å². The van der Waals surface area contributed by atoms with Crippen molar-refractivity contribution in [3.8, 4) is 5.75 Å². The molecule has 0 fully saturated rings. The molecule has 0 saturated heterocycles. The maximum atomic E-state index is 13.3. The summed E-state index contributed by atoms with van der Waals surface area (Å²) in [5.74, 6) is -16.1.